The van der Waals surface area contributed by atoms with Crippen molar-refractivity contribution in [3.8, 4) is 0 Å². The maximum Gasteiger partial charge on any atom is 0.410 e. The number of carbonyl (C=O) groups is 2. The number of nitrogens with zero attached hydrogens (tertiary/aromatic N) is 4. The molecule has 11 nitrogen and oxygen atoms in total. The number of rotatable bonds is 10. The van der Waals surface area contributed by atoms with E-state index in [2.05, 4.69) is 86.9 Å². The van der Waals surface area contributed by atoms with Gasteiger partial charge in [-0.15, -0.1) is 0 Å². The number of benzene rings is 1. The van der Waals surface area contributed by atoms with E-state index in [1.165, 1.54) is 5.57 Å². The van der Waals surface area contributed by atoms with Gasteiger partial charge in [0.2, 0.25) is 0 Å². The molecule has 12 atom stereocenters. The fraction of sp³-hybridized carbons (Fsp3) is 0.769. The number of aromatic nitrogens is 3. The quantitative estimate of drug-likeness (QED) is 0.223. The number of allylic oxidation sites excluding steroid dienone is 1. The smallest absolute Gasteiger partial charge is 0.410 e. The molecule has 2 bridgehead atoms. The monoisotopic (exact) mass is 870 g/mol. The van der Waals surface area contributed by atoms with Crippen LogP contribution in [0.2, 0.25) is 0 Å². The fourth-order valence-electron chi connectivity index (χ4n) is 14.5. The third-order valence-corrected chi connectivity index (χ3v) is 19.6. The molecular formula is C52H79N5O6. The highest BCUT2D eigenvalue weighted by Crippen LogP contribution is 2.75. The lowest BCUT2D eigenvalue weighted by Gasteiger charge is -2.71. The Balaban J connectivity index is 1.14. The minimum Gasteiger partial charge on any atom is -0.481 e. The molecule has 0 radical (unpaired) electrons. The van der Waals surface area contributed by atoms with Crippen LogP contribution in [-0.4, -0.2) is 81.4 Å². The van der Waals surface area contributed by atoms with E-state index >= 15 is 0 Å². The summed E-state index contributed by atoms with van der Waals surface area (Å²) in [7, 11) is 0. The number of ether oxygens (including phenoxy) is 3. The van der Waals surface area contributed by atoms with Crippen molar-refractivity contribution in [2.45, 2.75) is 158 Å². The number of likely N-dealkylation sites (tertiary alicyclic amines) is 1. The van der Waals surface area contributed by atoms with Crippen LogP contribution in [0.3, 0.4) is 0 Å². The van der Waals surface area contributed by atoms with Gasteiger partial charge in [0.15, 0.2) is 0 Å². The van der Waals surface area contributed by atoms with Crippen LogP contribution in [0.15, 0.2) is 48.3 Å². The molecule has 1 aromatic carbocycles. The van der Waals surface area contributed by atoms with Crippen LogP contribution >= 0.6 is 0 Å². The third-order valence-electron chi connectivity index (χ3n) is 19.6. The summed E-state index contributed by atoms with van der Waals surface area (Å²) in [5.41, 5.74) is 7.30. The second kappa shape index (κ2) is 16.3. The minimum absolute atomic E-state index is 0.116. The molecule has 0 unspecified atom stereocenters. The highest BCUT2D eigenvalue weighted by atomic mass is 16.6. The van der Waals surface area contributed by atoms with Crippen molar-refractivity contribution < 1.29 is 28.9 Å². The number of fused-ring (bicyclic) bond motifs is 3. The van der Waals surface area contributed by atoms with Gasteiger partial charge in [0.25, 0.3) is 0 Å². The van der Waals surface area contributed by atoms with E-state index in [1.807, 2.05) is 35.2 Å². The van der Waals surface area contributed by atoms with E-state index in [9.17, 15) is 14.7 Å². The highest BCUT2D eigenvalue weighted by molar-refractivity contribution is 5.73. The molecule has 1 amide bonds. The summed E-state index contributed by atoms with van der Waals surface area (Å²) in [5, 5.41) is 16.3. The summed E-state index contributed by atoms with van der Waals surface area (Å²) >= 11 is 0. The Morgan fingerprint density at radius 2 is 1.67 bits per heavy atom. The Kier molecular flexibility index (Phi) is 11.9. The average Bonchev–Trinajstić information content (AvgIpc) is 3.72. The van der Waals surface area contributed by atoms with E-state index in [0.717, 1.165) is 62.8 Å². The number of hydrogen-bond acceptors (Lipinski definition) is 8. The van der Waals surface area contributed by atoms with Crippen molar-refractivity contribution in [1.29, 1.82) is 0 Å². The van der Waals surface area contributed by atoms with E-state index in [-0.39, 0.29) is 69.7 Å². The lowest BCUT2D eigenvalue weighted by Crippen LogP contribution is -2.69. The van der Waals surface area contributed by atoms with Crippen molar-refractivity contribution in [2.75, 3.05) is 32.9 Å². The minimum atomic E-state index is -0.635. The lowest BCUT2D eigenvalue weighted by atomic mass is 9.34. The van der Waals surface area contributed by atoms with Gasteiger partial charge in [-0.3, -0.25) is 4.79 Å². The fourth-order valence-corrected chi connectivity index (χ4v) is 14.5. The molecule has 1 aromatic heterocycles. The molecule has 3 saturated carbocycles. The van der Waals surface area contributed by atoms with Crippen molar-refractivity contribution in [3.63, 3.8) is 0 Å². The molecule has 3 N–H and O–H groups in total. The topological polar surface area (TPSA) is 142 Å². The molecule has 0 spiro atoms. The van der Waals surface area contributed by atoms with E-state index < -0.39 is 22.8 Å². The summed E-state index contributed by atoms with van der Waals surface area (Å²) in [4.78, 5) is 33.7. The number of piperidine rings is 1. The Bertz CT molecular complexity index is 2040. The van der Waals surface area contributed by atoms with Crippen LogP contribution in [0, 0.1) is 62.1 Å². The maximum absolute atomic E-state index is 13.7. The van der Waals surface area contributed by atoms with Gasteiger partial charge in [-0.05, 0) is 109 Å². The normalized spacial score (nSPS) is 38.4. The second-order valence-electron chi connectivity index (χ2n) is 23.9. The van der Waals surface area contributed by atoms with Gasteiger partial charge in [-0.25, -0.2) is 14.5 Å². The first kappa shape index (κ1) is 46.3. The molecule has 8 rings (SSSR count). The Labute approximate surface area is 377 Å². The van der Waals surface area contributed by atoms with Gasteiger partial charge >= 0.3 is 12.1 Å². The van der Waals surface area contributed by atoms with Gasteiger partial charge in [-0.2, -0.15) is 5.10 Å². The number of nitrogens with two attached hydrogens (primary N) is 1. The summed E-state index contributed by atoms with van der Waals surface area (Å²) in [6.45, 7) is 28.0. The SMILES string of the molecule is CC(C)[C@@H](C)[C@@]1(C)CC[C@]2(C)[C@H]3CC[C@@H]4[C@@]5(COC[C@]4(C)[C@@H](OC[C@](C)(N)C(C)(C)C)[C@H](n4ncnc4C4CCN(C(=O)OCc6ccccc6)CC4)C5)C3=CC[C@@]2(C)[C@@H]1C(=O)O. The molecule has 63 heavy (non-hydrogen) atoms. The molecule has 11 heteroatoms. The molecule has 2 aliphatic heterocycles. The highest BCUT2D eigenvalue weighted by Gasteiger charge is 2.72. The number of carboxylic acid groups (broad SMARTS) is 1. The predicted octanol–water partition coefficient (Wildman–Crippen LogP) is 10.1. The average molecular weight is 870 g/mol. The summed E-state index contributed by atoms with van der Waals surface area (Å²) in [6.07, 6.45) is 10.8. The predicted molar refractivity (Wildman–Crippen MR) is 245 cm³/mol. The second-order valence-corrected chi connectivity index (χ2v) is 23.9. The first-order chi connectivity index (χ1) is 29.5. The summed E-state index contributed by atoms with van der Waals surface area (Å²) < 4.78 is 22.1. The number of amides is 1. The van der Waals surface area contributed by atoms with Crippen molar-refractivity contribution in [3.05, 3.63) is 59.7 Å². The molecule has 348 valence electrons. The van der Waals surface area contributed by atoms with Crippen LogP contribution < -0.4 is 5.73 Å². The largest absolute Gasteiger partial charge is 0.481 e. The molecule has 5 fully saturated rings. The van der Waals surface area contributed by atoms with Crippen LogP contribution in [0.5, 0.6) is 0 Å². The van der Waals surface area contributed by atoms with Gasteiger partial charge < -0.3 is 30.0 Å². The van der Waals surface area contributed by atoms with Crippen LogP contribution in [0.25, 0.3) is 0 Å². The molecule has 6 aliphatic rings. The Hall–Kier alpha value is -3.28. The van der Waals surface area contributed by atoms with Crippen LogP contribution in [0.1, 0.15) is 151 Å². The third kappa shape index (κ3) is 7.31. The zero-order chi connectivity index (χ0) is 45.5. The van der Waals surface area contributed by atoms with E-state index in [1.54, 1.807) is 6.33 Å². The Morgan fingerprint density at radius 1 is 0.968 bits per heavy atom. The Morgan fingerprint density at radius 3 is 2.32 bits per heavy atom. The van der Waals surface area contributed by atoms with Gasteiger partial charge in [0.1, 0.15) is 18.8 Å². The zero-order valence-corrected chi connectivity index (χ0v) is 40.4. The first-order valence-corrected chi connectivity index (χ1v) is 24.3. The summed E-state index contributed by atoms with van der Waals surface area (Å²) in [6, 6.07) is 9.68. The van der Waals surface area contributed by atoms with E-state index in [0.29, 0.717) is 44.7 Å². The first-order valence-electron chi connectivity index (χ1n) is 24.3. The maximum atomic E-state index is 13.7. The number of aliphatic carboxylic acids is 1. The van der Waals surface area contributed by atoms with E-state index in [4.69, 9.17) is 30.0 Å². The van der Waals surface area contributed by atoms with Gasteiger partial charge in [0, 0.05) is 35.4 Å². The molecule has 2 saturated heterocycles. The standard InChI is InChI=1S/C52H79N5O6/c1-33(2)34(3)47(7)23-24-49(9)37-17-18-40-48(8)29-61-31-52(40,38(37)19-22-50(49,10)41(47)44(58)59)27-39(42(48)63-30-51(11,53)46(4,5)6)57-43(54-32-55-57)36-20-25-56(26-21-36)45(60)62-28-35-15-13-12-14-16-35/h12-16,19,32-34,36-37,39-42H,17-18,20-31,53H2,1-11H3,(H,58,59)/t34-,37+,39-,40+,41-,42+,47-,48+,49-,50+,51+,52+/m1/s1. The summed E-state index contributed by atoms with van der Waals surface area (Å²) in [5.74, 6) is 1.25. The number of carboxylic acids is 1. The number of carbonyl (C=O) groups excluding carboxylic acids is 1. The van der Waals surface area contributed by atoms with Crippen LogP contribution in [0.4, 0.5) is 4.79 Å². The molecular weight excluding hydrogens is 791 g/mol. The number of hydrogen-bond donors (Lipinski definition) is 2. The van der Waals surface area contributed by atoms with Gasteiger partial charge in [0.05, 0.1) is 37.9 Å². The zero-order valence-electron chi connectivity index (χ0n) is 40.4. The lowest BCUT2D eigenvalue weighted by molar-refractivity contribution is -0.253. The molecule has 4 aliphatic carbocycles. The van der Waals surface area contributed by atoms with Crippen molar-refractivity contribution in [1.82, 2.24) is 19.7 Å². The van der Waals surface area contributed by atoms with Crippen molar-refractivity contribution >= 4 is 12.1 Å². The van der Waals surface area contributed by atoms with Crippen molar-refractivity contribution in [2.24, 2.45) is 67.8 Å². The van der Waals surface area contributed by atoms with Gasteiger partial charge in [-0.1, -0.05) is 111 Å². The van der Waals surface area contributed by atoms with Crippen LogP contribution in [-0.2, 0) is 25.6 Å². The molecule has 3 heterocycles. The molecule has 2 aromatic rings.